The van der Waals surface area contributed by atoms with Gasteiger partial charge >= 0.3 is 0 Å². The second-order valence-electron chi connectivity index (χ2n) is 5.45. The lowest BCUT2D eigenvalue weighted by Crippen LogP contribution is -2.37. The minimum atomic E-state index is -0.226. The highest BCUT2D eigenvalue weighted by atomic mass is 16.3. The topological polar surface area (TPSA) is 46.2 Å². The Labute approximate surface area is 87.9 Å². The van der Waals surface area contributed by atoms with E-state index in [1.165, 1.54) is 32.1 Å². The molecule has 0 aromatic heterocycles. The zero-order chi connectivity index (χ0) is 10.6. The van der Waals surface area contributed by atoms with Crippen LogP contribution in [0.25, 0.3) is 0 Å². The van der Waals surface area contributed by atoms with Crippen LogP contribution >= 0.6 is 0 Å². The molecule has 0 spiro atoms. The molecular formula is C12H25NO. The van der Waals surface area contributed by atoms with Gasteiger partial charge in [-0.05, 0) is 18.9 Å². The van der Waals surface area contributed by atoms with Crippen molar-refractivity contribution in [1.29, 1.82) is 0 Å². The molecule has 1 unspecified atom stereocenters. The minimum absolute atomic E-state index is 0.114. The van der Waals surface area contributed by atoms with E-state index in [-0.39, 0.29) is 11.5 Å². The molecule has 0 saturated heterocycles. The lowest BCUT2D eigenvalue weighted by atomic mass is 9.78. The molecule has 14 heavy (non-hydrogen) atoms. The summed E-state index contributed by atoms with van der Waals surface area (Å²) in [5, 5.41) is 10.0. The van der Waals surface area contributed by atoms with Crippen LogP contribution in [0.2, 0.25) is 0 Å². The lowest BCUT2D eigenvalue weighted by molar-refractivity contribution is 0.0299. The van der Waals surface area contributed by atoms with Gasteiger partial charge in [0.05, 0.1) is 6.10 Å². The Bertz CT molecular complexity index is 162. The maximum atomic E-state index is 10.0. The number of aliphatic hydroxyl groups excluding tert-OH is 1. The smallest absolute Gasteiger partial charge is 0.0605 e. The van der Waals surface area contributed by atoms with E-state index < -0.39 is 0 Å². The highest BCUT2D eigenvalue weighted by Crippen LogP contribution is 2.31. The van der Waals surface area contributed by atoms with E-state index in [1.54, 1.807) is 0 Å². The van der Waals surface area contributed by atoms with Crippen molar-refractivity contribution in [2.75, 3.05) is 6.54 Å². The summed E-state index contributed by atoms with van der Waals surface area (Å²) in [6.07, 6.45) is 7.41. The second kappa shape index (κ2) is 5.13. The largest absolute Gasteiger partial charge is 0.393 e. The first-order chi connectivity index (χ1) is 6.56. The van der Waals surface area contributed by atoms with Gasteiger partial charge in [0.15, 0.2) is 0 Å². The standard InChI is InChI=1S/C12H25NO/c1-12(2,9-13)11(14)8-10-6-4-3-5-7-10/h10-11,14H,3-9,13H2,1-2H3. The van der Waals surface area contributed by atoms with Crippen LogP contribution in [0, 0.1) is 11.3 Å². The summed E-state index contributed by atoms with van der Waals surface area (Å²) in [6, 6.07) is 0. The first-order valence-corrected chi connectivity index (χ1v) is 5.94. The second-order valence-corrected chi connectivity index (χ2v) is 5.45. The summed E-state index contributed by atoms with van der Waals surface area (Å²) in [5.41, 5.74) is 5.54. The normalized spacial score (nSPS) is 22.3. The number of hydrogen-bond acceptors (Lipinski definition) is 2. The van der Waals surface area contributed by atoms with E-state index in [4.69, 9.17) is 5.73 Å². The molecule has 1 atom stereocenters. The van der Waals surface area contributed by atoms with Gasteiger partial charge in [-0.2, -0.15) is 0 Å². The van der Waals surface area contributed by atoms with Crippen molar-refractivity contribution in [2.24, 2.45) is 17.1 Å². The monoisotopic (exact) mass is 199 g/mol. The van der Waals surface area contributed by atoms with Crippen molar-refractivity contribution < 1.29 is 5.11 Å². The Morgan fingerprint density at radius 2 is 1.86 bits per heavy atom. The van der Waals surface area contributed by atoms with Gasteiger partial charge < -0.3 is 10.8 Å². The summed E-state index contributed by atoms with van der Waals surface area (Å²) in [4.78, 5) is 0. The minimum Gasteiger partial charge on any atom is -0.393 e. The molecule has 2 heteroatoms. The number of aliphatic hydroxyl groups is 1. The lowest BCUT2D eigenvalue weighted by Gasteiger charge is -2.33. The number of hydrogen-bond donors (Lipinski definition) is 2. The Morgan fingerprint density at radius 1 is 1.29 bits per heavy atom. The van der Waals surface area contributed by atoms with Crippen LogP contribution in [0.15, 0.2) is 0 Å². The average molecular weight is 199 g/mol. The molecule has 1 rings (SSSR count). The van der Waals surface area contributed by atoms with Crippen molar-refractivity contribution >= 4 is 0 Å². The van der Waals surface area contributed by atoms with Gasteiger partial charge in [-0.15, -0.1) is 0 Å². The molecule has 0 aromatic rings. The summed E-state index contributed by atoms with van der Waals surface area (Å²) in [7, 11) is 0. The van der Waals surface area contributed by atoms with Crippen molar-refractivity contribution in [2.45, 2.75) is 58.5 Å². The average Bonchev–Trinajstić information content (AvgIpc) is 2.19. The van der Waals surface area contributed by atoms with E-state index in [0.717, 1.165) is 12.3 Å². The fourth-order valence-electron chi connectivity index (χ4n) is 2.19. The molecule has 0 radical (unpaired) electrons. The molecule has 1 aliphatic carbocycles. The Balaban J connectivity index is 2.34. The zero-order valence-corrected chi connectivity index (χ0v) is 9.63. The van der Waals surface area contributed by atoms with Crippen molar-refractivity contribution in [3.05, 3.63) is 0 Å². The van der Waals surface area contributed by atoms with E-state index in [2.05, 4.69) is 13.8 Å². The van der Waals surface area contributed by atoms with Gasteiger partial charge in [-0.3, -0.25) is 0 Å². The molecule has 2 nitrogen and oxygen atoms in total. The molecule has 1 aliphatic rings. The van der Waals surface area contributed by atoms with Gasteiger partial charge in [0.2, 0.25) is 0 Å². The van der Waals surface area contributed by atoms with Crippen LogP contribution in [0.4, 0.5) is 0 Å². The SMILES string of the molecule is CC(C)(CN)C(O)CC1CCCCC1. The van der Waals surface area contributed by atoms with Crippen LogP contribution < -0.4 is 5.73 Å². The van der Waals surface area contributed by atoms with E-state index >= 15 is 0 Å². The van der Waals surface area contributed by atoms with Gasteiger partial charge in [0.1, 0.15) is 0 Å². The maximum Gasteiger partial charge on any atom is 0.0605 e. The van der Waals surface area contributed by atoms with Gasteiger partial charge in [0, 0.05) is 5.41 Å². The number of nitrogens with two attached hydrogens (primary N) is 1. The maximum absolute atomic E-state index is 10.0. The predicted molar refractivity (Wildman–Crippen MR) is 60.0 cm³/mol. The van der Waals surface area contributed by atoms with Gasteiger partial charge in [-0.1, -0.05) is 46.0 Å². The van der Waals surface area contributed by atoms with Gasteiger partial charge in [-0.25, -0.2) is 0 Å². The molecule has 0 heterocycles. The van der Waals surface area contributed by atoms with Crippen LogP contribution in [-0.2, 0) is 0 Å². The quantitative estimate of drug-likeness (QED) is 0.730. The highest BCUT2D eigenvalue weighted by molar-refractivity contribution is 4.81. The Morgan fingerprint density at radius 3 is 2.36 bits per heavy atom. The molecule has 84 valence electrons. The molecular weight excluding hydrogens is 174 g/mol. The van der Waals surface area contributed by atoms with Crippen LogP contribution in [0.3, 0.4) is 0 Å². The Hall–Kier alpha value is -0.0800. The summed E-state index contributed by atoms with van der Waals surface area (Å²) >= 11 is 0. The molecule has 0 amide bonds. The molecule has 0 bridgehead atoms. The Kier molecular flexibility index (Phi) is 4.39. The summed E-state index contributed by atoms with van der Waals surface area (Å²) in [6.45, 7) is 4.68. The predicted octanol–water partition coefficient (Wildman–Crippen LogP) is 2.30. The van der Waals surface area contributed by atoms with Crippen LogP contribution in [0.1, 0.15) is 52.4 Å². The molecule has 0 aromatic carbocycles. The third-order valence-electron chi connectivity index (χ3n) is 3.71. The van der Waals surface area contributed by atoms with Crippen molar-refractivity contribution in [3.63, 3.8) is 0 Å². The summed E-state index contributed by atoms with van der Waals surface area (Å²) < 4.78 is 0. The third-order valence-corrected chi connectivity index (χ3v) is 3.71. The first kappa shape index (κ1) is 12.0. The van der Waals surface area contributed by atoms with Crippen LogP contribution in [0.5, 0.6) is 0 Å². The zero-order valence-electron chi connectivity index (χ0n) is 9.63. The first-order valence-electron chi connectivity index (χ1n) is 5.94. The summed E-state index contributed by atoms with van der Waals surface area (Å²) in [5.74, 6) is 0.740. The highest BCUT2D eigenvalue weighted by Gasteiger charge is 2.28. The van der Waals surface area contributed by atoms with Gasteiger partial charge in [0.25, 0.3) is 0 Å². The molecule has 1 saturated carbocycles. The molecule has 0 aliphatic heterocycles. The fourth-order valence-corrected chi connectivity index (χ4v) is 2.19. The van der Waals surface area contributed by atoms with E-state index in [9.17, 15) is 5.11 Å². The van der Waals surface area contributed by atoms with Crippen molar-refractivity contribution in [1.82, 2.24) is 0 Å². The van der Waals surface area contributed by atoms with Crippen molar-refractivity contribution in [3.8, 4) is 0 Å². The van der Waals surface area contributed by atoms with E-state index in [0.29, 0.717) is 6.54 Å². The fraction of sp³-hybridized carbons (Fsp3) is 1.00. The molecule has 3 N–H and O–H groups in total. The molecule has 1 fully saturated rings. The number of rotatable bonds is 4. The van der Waals surface area contributed by atoms with Crippen LogP contribution in [-0.4, -0.2) is 17.8 Å². The third kappa shape index (κ3) is 3.25. The van der Waals surface area contributed by atoms with E-state index in [1.807, 2.05) is 0 Å².